The molecule has 6 nitrogen and oxygen atoms in total. The summed E-state index contributed by atoms with van der Waals surface area (Å²) in [5.41, 5.74) is 3.06. The van der Waals surface area contributed by atoms with Crippen molar-refractivity contribution in [2.75, 3.05) is 14.2 Å². The number of nitrogens with zero attached hydrogens (tertiary/aromatic N) is 1. The predicted octanol–water partition coefficient (Wildman–Crippen LogP) is 6.00. The van der Waals surface area contributed by atoms with Crippen LogP contribution in [0.3, 0.4) is 0 Å². The average Bonchev–Trinajstić information content (AvgIpc) is 2.99. The number of carbonyl (C=O) groups is 2. The van der Waals surface area contributed by atoms with Crippen molar-refractivity contribution in [3.05, 3.63) is 130 Å². The van der Waals surface area contributed by atoms with Crippen molar-refractivity contribution in [1.82, 2.24) is 10.2 Å². The lowest BCUT2D eigenvalue weighted by Gasteiger charge is -2.32. The second-order valence-corrected chi connectivity index (χ2v) is 9.94. The second-order valence-electron chi connectivity index (χ2n) is 9.53. The topological polar surface area (TPSA) is 67.9 Å². The van der Waals surface area contributed by atoms with Gasteiger partial charge in [0, 0.05) is 24.5 Å². The highest BCUT2D eigenvalue weighted by molar-refractivity contribution is 6.31. The normalized spacial score (nSPS) is 11.4. The molecule has 1 atom stereocenters. The maximum absolute atomic E-state index is 14.0. The minimum absolute atomic E-state index is 0.0185. The summed E-state index contributed by atoms with van der Waals surface area (Å²) in [6, 6.07) is 27.1. The molecule has 0 heterocycles. The van der Waals surface area contributed by atoms with Crippen LogP contribution in [0, 0.1) is 5.82 Å². The first-order chi connectivity index (χ1) is 19.9. The Morgan fingerprint density at radius 1 is 0.829 bits per heavy atom. The summed E-state index contributed by atoms with van der Waals surface area (Å²) in [5, 5.41) is 3.52. The van der Waals surface area contributed by atoms with E-state index in [1.165, 1.54) is 19.2 Å². The summed E-state index contributed by atoms with van der Waals surface area (Å²) < 4.78 is 24.4. The van der Waals surface area contributed by atoms with E-state index in [1.54, 1.807) is 48.4 Å². The van der Waals surface area contributed by atoms with Gasteiger partial charge < -0.3 is 19.7 Å². The molecular formula is C33H32ClFN2O4. The van der Waals surface area contributed by atoms with Gasteiger partial charge in [-0.25, -0.2) is 4.39 Å². The van der Waals surface area contributed by atoms with Crippen molar-refractivity contribution in [3.8, 4) is 11.5 Å². The lowest BCUT2D eigenvalue weighted by atomic mass is 10.0. The molecule has 0 aliphatic carbocycles. The Morgan fingerprint density at radius 3 is 2.17 bits per heavy atom. The molecule has 8 heteroatoms. The third-order valence-corrected chi connectivity index (χ3v) is 7.12. The van der Waals surface area contributed by atoms with Crippen molar-refractivity contribution in [3.63, 3.8) is 0 Å². The molecule has 0 aromatic heterocycles. The van der Waals surface area contributed by atoms with Gasteiger partial charge in [-0.3, -0.25) is 9.59 Å². The monoisotopic (exact) mass is 574 g/mol. The highest BCUT2D eigenvalue weighted by atomic mass is 35.5. The van der Waals surface area contributed by atoms with Gasteiger partial charge in [0.2, 0.25) is 11.8 Å². The van der Waals surface area contributed by atoms with Crippen molar-refractivity contribution < 1.29 is 23.5 Å². The molecule has 1 N–H and O–H groups in total. The molecule has 2 amide bonds. The van der Waals surface area contributed by atoms with E-state index in [0.29, 0.717) is 27.6 Å². The van der Waals surface area contributed by atoms with E-state index in [4.69, 9.17) is 21.1 Å². The number of methoxy groups -OCH3 is 2. The number of hydrogen-bond donors (Lipinski definition) is 1. The zero-order chi connectivity index (χ0) is 29.2. The maximum atomic E-state index is 14.0. The van der Waals surface area contributed by atoms with Gasteiger partial charge in [0.15, 0.2) is 11.5 Å². The van der Waals surface area contributed by atoms with E-state index < -0.39 is 6.04 Å². The van der Waals surface area contributed by atoms with E-state index in [-0.39, 0.29) is 43.6 Å². The Morgan fingerprint density at radius 2 is 1.49 bits per heavy atom. The summed E-state index contributed by atoms with van der Waals surface area (Å²) in [6.07, 6.45) is 0.304. The number of amides is 2. The molecule has 0 aliphatic rings. The molecule has 0 spiro atoms. The van der Waals surface area contributed by atoms with Gasteiger partial charge in [0.25, 0.3) is 0 Å². The first kappa shape index (κ1) is 29.6. The first-order valence-electron chi connectivity index (χ1n) is 13.2. The Bertz CT molecular complexity index is 1460. The second kappa shape index (κ2) is 14.3. The Kier molecular flexibility index (Phi) is 10.3. The zero-order valence-electron chi connectivity index (χ0n) is 23.0. The fourth-order valence-corrected chi connectivity index (χ4v) is 4.75. The van der Waals surface area contributed by atoms with Crippen LogP contribution in [0.5, 0.6) is 11.5 Å². The van der Waals surface area contributed by atoms with Gasteiger partial charge in [-0.1, -0.05) is 78.3 Å². The maximum Gasteiger partial charge on any atom is 0.243 e. The lowest BCUT2D eigenvalue weighted by Crippen LogP contribution is -2.50. The minimum atomic E-state index is -0.849. The Balaban J connectivity index is 1.67. The number of carbonyl (C=O) groups excluding carboxylic acids is 2. The summed E-state index contributed by atoms with van der Waals surface area (Å²) in [7, 11) is 3.08. The van der Waals surface area contributed by atoms with Crippen LogP contribution in [0.25, 0.3) is 0 Å². The molecule has 0 fully saturated rings. The van der Waals surface area contributed by atoms with E-state index in [9.17, 15) is 14.0 Å². The van der Waals surface area contributed by atoms with Gasteiger partial charge in [-0.05, 0) is 52.6 Å². The number of ether oxygens (including phenoxy) is 2. The Hall–Kier alpha value is -4.36. The molecule has 0 saturated heterocycles. The predicted molar refractivity (Wildman–Crippen MR) is 157 cm³/mol. The zero-order valence-corrected chi connectivity index (χ0v) is 23.7. The fourth-order valence-electron chi connectivity index (χ4n) is 4.55. The summed E-state index contributed by atoms with van der Waals surface area (Å²) in [6.45, 7) is 0.321. The molecule has 0 bridgehead atoms. The molecule has 0 saturated carbocycles. The quantitative estimate of drug-likeness (QED) is 0.225. The molecule has 4 aromatic rings. The van der Waals surface area contributed by atoms with E-state index >= 15 is 0 Å². The number of hydrogen-bond acceptors (Lipinski definition) is 4. The van der Waals surface area contributed by atoms with Gasteiger partial charge in [-0.15, -0.1) is 0 Å². The van der Waals surface area contributed by atoms with Crippen molar-refractivity contribution in [1.29, 1.82) is 0 Å². The third kappa shape index (κ3) is 8.08. The van der Waals surface area contributed by atoms with Crippen LogP contribution < -0.4 is 14.8 Å². The van der Waals surface area contributed by atoms with Crippen molar-refractivity contribution in [2.24, 2.45) is 0 Å². The average molecular weight is 575 g/mol. The molecular weight excluding hydrogens is 543 g/mol. The lowest BCUT2D eigenvalue weighted by molar-refractivity contribution is -0.140. The third-order valence-electron chi connectivity index (χ3n) is 6.75. The Labute approximate surface area is 244 Å². The van der Waals surface area contributed by atoms with Crippen LogP contribution in [-0.4, -0.2) is 37.0 Å². The SMILES string of the molecule is COc1ccc(CC(=O)N(Cc2ccc(F)cc2)[C@H](Cc2ccccc2)C(=O)NCc2ccccc2Cl)cc1OC. The van der Waals surface area contributed by atoms with E-state index in [1.807, 2.05) is 48.5 Å². The van der Waals surface area contributed by atoms with Crippen LogP contribution in [0.2, 0.25) is 5.02 Å². The van der Waals surface area contributed by atoms with Crippen LogP contribution >= 0.6 is 11.6 Å². The highest BCUT2D eigenvalue weighted by Gasteiger charge is 2.30. The van der Waals surface area contributed by atoms with Gasteiger partial charge in [0.05, 0.1) is 20.6 Å². The van der Waals surface area contributed by atoms with Crippen LogP contribution in [0.4, 0.5) is 4.39 Å². The summed E-state index contributed by atoms with van der Waals surface area (Å²) in [4.78, 5) is 29.3. The molecule has 0 aliphatic heterocycles. The number of rotatable bonds is 12. The smallest absolute Gasteiger partial charge is 0.243 e. The number of nitrogens with one attached hydrogen (secondary N) is 1. The van der Waals surface area contributed by atoms with Crippen molar-refractivity contribution >= 4 is 23.4 Å². The van der Waals surface area contributed by atoms with Crippen molar-refractivity contribution in [2.45, 2.75) is 32.0 Å². The van der Waals surface area contributed by atoms with Crippen LogP contribution in [0.1, 0.15) is 22.3 Å². The summed E-state index contributed by atoms with van der Waals surface area (Å²) >= 11 is 6.32. The van der Waals surface area contributed by atoms with Gasteiger partial charge in [-0.2, -0.15) is 0 Å². The molecule has 41 heavy (non-hydrogen) atoms. The number of benzene rings is 4. The standard InChI is InChI=1S/C33H32ClFN2O4/c1-40-30-17-14-25(19-31(30)41-2)20-32(38)37(22-24-12-15-27(35)16-13-24)29(18-23-8-4-3-5-9-23)33(39)36-21-26-10-6-7-11-28(26)34/h3-17,19,29H,18,20-22H2,1-2H3,(H,36,39)/t29-/m1/s1. The summed E-state index contributed by atoms with van der Waals surface area (Å²) in [5.74, 6) is 0.0798. The number of halogens is 2. The molecule has 4 rings (SSSR count). The minimum Gasteiger partial charge on any atom is -0.493 e. The molecule has 4 aromatic carbocycles. The molecule has 212 valence electrons. The van der Waals surface area contributed by atoms with Crippen LogP contribution in [0.15, 0.2) is 97.1 Å². The van der Waals surface area contributed by atoms with E-state index in [2.05, 4.69) is 5.32 Å². The van der Waals surface area contributed by atoms with Gasteiger partial charge in [0.1, 0.15) is 11.9 Å². The van der Waals surface area contributed by atoms with Gasteiger partial charge >= 0.3 is 0 Å². The highest BCUT2D eigenvalue weighted by Crippen LogP contribution is 2.28. The molecule has 0 unspecified atom stereocenters. The van der Waals surface area contributed by atoms with E-state index in [0.717, 1.165) is 11.1 Å². The first-order valence-corrected chi connectivity index (χ1v) is 13.6. The fraction of sp³-hybridized carbons (Fsp3) is 0.212. The largest absolute Gasteiger partial charge is 0.493 e. The molecule has 0 radical (unpaired) electrons. The van der Waals surface area contributed by atoms with Crippen LogP contribution in [-0.2, 0) is 35.5 Å².